The standard InChI is InChI=1S/C21H12F3NO3/c22-21(23,24)18-8-13(27)7-17-16(18)9-15(11-1-3-12(26)4-2-11)20(17)19-6-5-14(10-25)28-19/h1-9,20,26-27H. The van der Waals surface area contributed by atoms with Crippen LogP contribution in [-0.4, -0.2) is 10.2 Å². The first kappa shape index (κ1) is 17.7. The predicted molar refractivity (Wildman–Crippen MR) is 94.4 cm³/mol. The van der Waals surface area contributed by atoms with Crippen LogP contribution in [0.25, 0.3) is 11.6 Å². The Bertz CT molecular complexity index is 1140. The molecule has 0 bridgehead atoms. The van der Waals surface area contributed by atoms with Crippen LogP contribution in [0.15, 0.2) is 52.9 Å². The molecule has 1 unspecified atom stereocenters. The molecule has 140 valence electrons. The Morgan fingerprint density at radius 2 is 1.68 bits per heavy atom. The number of halogens is 3. The highest BCUT2D eigenvalue weighted by Crippen LogP contribution is 2.51. The van der Waals surface area contributed by atoms with Crippen LogP contribution in [0.4, 0.5) is 13.2 Å². The summed E-state index contributed by atoms with van der Waals surface area (Å²) in [5.74, 6) is -0.911. The molecule has 0 fully saturated rings. The highest BCUT2D eigenvalue weighted by atomic mass is 19.4. The number of nitriles is 1. The molecule has 0 amide bonds. The highest BCUT2D eigenvalue weighted by Gasteiger charge is 2.40. The summed E-state index contributed by atoms with van der Waals surface area (Å²) >= 11 is 0. The van der Waals surface area contributed by atoms with Gasteiger partial charge in [-0.1, -0.05) is 12.1 Å². The molecule has 4 nitrogen and oxygen atoms in total. The van der Waals surface area contributed by atoms with Crippen LogP contribution in [-0.2, 0) is 6.18 Å². The van der Waals surface area contributed by atoms with Crippen molar-refractivity contribution in [2.75, 3.05) is 0 Å². The van der Waals surface area contributed by atoms with E-state index in [-0.39, 0.29) is 28.4 Å². The Morgan fingerprint density at radius 3 is 2.29 bits per heavy atom. The van der Waals surface area contributed by atoms with Gasteiger partial charge in [0.05, 0.1) is 11.5 Å². The fourth-order valence-electron chi connectivity index (χ4n) is 3.48. The molecule has 0 aliphatic heterocycles. The van der Waals surface area contributed by atoms with Crippen molar-refractivity contribution in [2.24, 2.45) is 0 Å². The Balaban J connectivity index is 1.97. The van der Waals surface area contributed by atoms with Gasteiger partial charge in [-0.15, -0.1) is 0 Å². The number of nitrogens with zero attached hydrogens (tertiary/aromatic N) is 1. The van der Waals surface area contributed by atoms with E-state index >= 15 is 0 Å². The number of phenolic OH excluding ortho intramolecular Hbond substituents is 2. The molecular weight excluding hydrogens is 371 g/mol. The van der Waals surface area contributed by atoms with Crippen molar-refractivity contribution in [3.05, 3.63) is 82.3 Å². The third-order valence-electron chi connectivity index (χ3n) is 4.65. The number of rotatable bonds is 2. The first-order valence-electron chi connectivity index (χ1n) is 8.23. The van der Waals surface area contributed by atoms with E-state index < -0.39 is 23.4 Å². The van der Waals surface area contributed by atoms with Crippen molar-refractivity contribution >= 4 is 11.6 Å². The van der Waals surface area contributed by atoms with Gasteiger partial charge in [0, 0.05) is 0 Å². The van der Waals surface area contributed by atoms with Crippen molar-refractivity contribution in [3.8, 4) is 17.6 Å². The van der Waals surface area contributed by atoms with Crippen LogP contribution in [0.2, 0.25) is 0 Å². The zero-order valence-electron chi connectivity index (χ0n) is 14.2. The lowest BCUT2D eigenvalue weighted by atomic mass is 9.88. The number of allylic oxidation sites excluding steroid dienone is 1. The number of phenols is 2. The Kier molecular flexibility index (Phi) is 3.93. The maximum absolute atomic E-state index is 13.6. The van der Waals surface area contributed by atoms with E-state index in [1.54, 1.807) is 12.1 Å². The number of furan rings is 1. The van der Waals surface area contributed by atoms with E-state index in [2.05, 4.69) is 0 Å². The van der Waals surface area contributed by atoms with Gasteiger partial charge in [-0.2, -0.15) is 18.4 Å². The zero-order valence-corrected chi connectivity index (χ0v) is 14.2. The van der Waals surface area contributed by atoms with Gasteiger partial charge < -0.3 is 14.6 Å². The lowest BCUT2D eigenvalue weighted by Gasteiger charge is -2.17. The molecule has 28 heavy (non-hydrogen) atoms. The van der Waals surface area contributed by atoms with Crippen LogP contribution in [0.5, 0.6) is 11.5 Å². The second-order valence-electron chi connectivity index (χ2n) is 6.39. The van der Waals surface area contributed by atoms with E-state index in [4.69, 9.17) is 9.68 Å². The monoisotopic (exact) mass is 383 g/mol. The second kappa shape index (κ2) is 6.20. The molecule has 7 heteroatoms. The summed E-state index contributed by atoms with van der Waals surface area (Å²) in [4.78, 5) is 0. The van der Waals surface area contributed by atoms with Crippen LogP contribution in [0.3, 0.4) is 0 Å². The Labute approximate surface area is 157 Å². The van der Waals surface area contributed by atoms with E-state index in [1.807, 2.05) is 6.07 Å². The van der Waals surface area contributed by atoms with Crippen LogP contribution < -0.4 is 0 Å². The minimum absolute atomic E-state index is 0.0230. The summed E-state index contributed by atoms with van der Waals surface area (Å²) in [6.45, 7) is 0. The van der Waals surface area contributed by atoms with E-state index in [1.165, 1.54) is 36.4 Å². The maximum Gasteiger partial charge on any atom is 0.417 e. The molecule has 3 aromatic rings. The van der Waals surface area contributed by atoms with Gasteiger partial charge in [-0.05, 0) is 64.7 Å². The van der Waals surface area contributed by atoms with Crippen molar-refractivity contribution in [1.29, 1.82) is 5.26 Å². The summed E-state index contributed by atoms with van der Waals surface area (Å²) in [6.07, 6.45) is -3.25. The van der Waals surface area contributed by atoms with Gasteiger partial charge in [0.15, 0.2) is 0 Å². The molecular formula is C21H12F3NO3. The lowest BCUT2D eigenvalue weighted by Crippen LogP contribution is -2.09. The fourth-order valence-corrected chi connectivity index (χ4v) is 3.48. The van der Waals surface area contributed by atoms with Gasteiger partial charge in [0.25, 0.3) is 0 Å². The average molecular weight is 383 g/mol. The summed E-state index contributed by atoms with van der Waals surface area (Å²) in [5, 5.41) is 28.5. The van der Waals surface area contributed by atoms with Gasteiger partial charge in [-0.3, -0.25) is 0 Å². The zero-order chi connectivity index (χ0) is 20.1. The Morgan fingerprint density at radius 1 is 0.964 bits per heavy atom. The first-order chi connectivity index (χ1) is 13.3. The molecule has 1 heterocycles. The summed E-state index contributed by atoms with van der Waals surface area (Å²) in [6, 6.07) is 12.8. The summed E-state index contributed by atoms with van der Waals surface area (Å²) in [7, 11) is 0. The predicted octanol–water partition coefficient (Wildman–Crippen LogP) is 5.27. The van der Waals surface area contributed by atoms with E-state index in [0.717, 1.165) is 0 Å². The number of alkyl halides is 3. The van der Waals surface area contributed by atoms with Crippen LogP contribution in [0.1, 0.15) is 39.7 Å². The molecule has 1 atom stereocenters. The van der Waals surface area contributed by atoms with Gasteiger partial charge in [0.1, 0.15) is 23.3 Å². The minimum atomic E-state index is -4.66. The lowest BCUT2D eigenvalue weighted by molar-refractivity contribution is -0.137. The molecule has 2 aromatic carbocycles. The topological polar surface area (TPSA) is 77.4 Å². The van der Waals surface area contributed by atoms with Crippen molar-refractivity contribution in [3.63, 3.8) is 0 Å². The van der Waals surface area contributed by atoms with Gasteiger partial charge in [0.2, 0.25) is 5.76 Å². The summed E-state index contributed by atoms with van der Waals surface area (Å²) in [5.41, 5.74) is 0.308. The molecule has 0 spiro atoms. The van der Waals surface area contributed by atoms with Crippen LogP contribution in [0, 0.1) is 11.3 Å². The number of hydrogen-bond acceptors (Lipinski definition) is 4. The maximum atomic E-state index is 13.6. The smallest absolute Gasteiger partial charge is 0.417 e. The molecule has 1 aliphatic carbocycles. The van der Waals surface area contributed by atoms with Crippen molar-refractivity contribution in [1.82, 2.24) is 0 Å². The third kappa shape index (κ3) is 2.89. The fraction of sp³-hybridized carbons (Fsp3) is 0.0952. The molecule has 2 N–H and O–H groups in total. The molecule has 0 saturated carbocycles. The number of fused-ring (bicyclic) bond motifs is 1. The highest BCUT2D eigenvalue weighted by molar-refractivity contribution is 5.94. The quantitative estimate of drug-likeness (QED) is 0.632. The number of hydrogen-bond donors (Lipinski definition) is 2. The molecule has 4 rings (SSSR count). The number of benzene rings is 2. The summed E-state index contributed by atoms with van der Waals surface area (Å²) < 4.78 is 46.2. The largest absolute Gasteiger partial charge is 0.508 e. The minimum Gasteiger partial charge on any atom is -0.508 e. The van der Waals surface area contributed by atoms with E-state index in [9.17, 15) is 23.4 Å². The normalized spacial score (nSPS) is 15.8. The SMILES string of the molecule is N#Cc1ccc(C2C(c3ccc(O)cc3)=Cc3c2cc(O)cc3C(F)(F)F)o1. The van der Waals surface area contributed by atoms with Crippen molar-refractivity contribution < 1.29 is 27.8 Å². The molecule has 0 saturated heterocycles. The van der Waals surface area contributed by atoms with Gasteiger partial charge >= 0.3 is 6.18 Å². The second-order valence-corrected chi connectivity index (χ2v) is 6.39. The van der Waals surface area contributed by atoms with Gasteiger partial charge in [-0.25, -0.2) is 0 Å². The Hall–Kier alpha value is -3.66. The first-order valence-corrected chi connectivity index (χ1v) is 8.23. The number of aromatic hydroxyl groups is 2. The molecule has 1 aliphatic rings. The van der Waals surface area contributed by atoms with Crippen molar-refractivity contribution in [2.45, 2.75) is 12.1 Å². The molecule has 0 radical (unpaired) electrons. The molecule has 1 aromatic heterocycles. The van der Waals surface area contributed by atoms with Crippen LogP contribution >= 0.6 is 0 Å². The van der Waals surface area contributed by atoms with E-state index in [0.29, 0.717) is 17.2 Å². The third-order valence-corrected chi connectivity index (χ3v) is 4.65. The average Bonchev–Trinajstić information content (AvgIpc) is 3.24.